The first-order valence-electron chi connectivity index (χ1n) is 14.1. The second kappa shape index (κ2) is 17.6. The summed E-state index contributed by atoms with van der Waals surface area (Å²) in [7, 11) is 0. The monoisotopic (exact) mass is 532 g/mol. The molecule has 0 aliphatic carbocycles. The number of carbonyl (C=O) groups excluding carboxylic acids is 1. The molecule has 6 heteroatoms. The van der Waals surface area contributed by atoms with Crippen LogP contribution in [-0.4, -0.2) is 51.0 Å². The molecule has 38 heavy (non-hydrogen) atoms. The molecule has 0 aromatic heterocycles. The van der Waals surface area contributed by atoms with E-state index in [2.05, 4.69) is 58.6 Å². The number of aliphatic hydroxyl groups excluding tert-OH is 4. The van der Waals surface area contributed by atoms with E-state index >= 15 is 0 Å². The Bertz CT molecular complexity index is 815. The Labute approximate surface area is 230 Å². The molecule has 11 atom stereocenters. The van der Waals surface area contributed by atoms with E-state index in [4.69, 9.17) is 4.74 Å². The molecule has 6 nitrogen and oxygen atoms in total. The molecule has 4 N–H and O–H groups in total. The van der Waals surface area contributed by atoms with Gasteiger partial charge in [-0.25, -0.2) is 4.79 Å². The van der Waals surface area contributed by atoms with E-state index < -0.39 is 36.5 Å². The van der Waals surface area contributed by atoms with Gasteiger partial charge in [0.2, 0.25) is 6.29 Å². The van der Waals surface area contributed by atoms with Crippen LogP contribution in [-0.2, 0) is 9.53 Å². The topological polar surface area (TPSA) is 107 Å². The number of allylic oxidation sites excluding steroid dienone is 8. The van der Waals surface area contributed by atoms with Crippen molar-refractivity contribution in [3.05, 3.63) is 61.3 Å². The molecule has 1 aliphatic heterocycles. The van der Waals surface area contributed by atoms with Gasteiger partial charge in [0.05, 0.1) is 12.2 Å². The Balaban J connectivity index is 3.19. The maximum absolute atomic E-state index is 12.1. The Hall–Kier alpha value is -1.99. The van der Waals surface area contributed by atoms with Crippen LogP contribution in [0, 0.1) is 41.4 Å². The second-order valence-electron chi connectivity index (χ2n) is 11.4. The van der Waals surface area contributed by atoms with Crippen molar-refractivity contribution in [2.45, 2.75) is 91.8 Å². The van der Waals surface area contributed by atoms with Crippen molar-refractivity contribution in [3.63, 3.8) is 0 Å². The smallest absolute Gasteiger partial charge is 0.333 e. The minimum Gasteiger partial charge on any atom is -0.430 e. The standard InChI is InChI=1S/C32H52O6/c1-8-9-12-23(4)28-19-21(2)15-16-22(3)26(7)29(34)20-27(33)18-17-25(6)31(36)32(37)38-30(35)14-11-10-13-24(28)5/h8-16,21-29,31-34,36-37H,1,17-20H2,2-7H3/t21-,22+,23+,24-,25-,26-,27+,28+,29+,31+,32+/m1/s1. The van der Waals surface area contributed by atoms with Crippen molar-refractivity contribution in [2.24, 2.45) is 41.4 Å². The molecule has 1 heterocycles. The number of esters is 1. The zero-order valence-corrected chi connectivity index (χ0v) is 24.2. The third-order valence-electron chi connectivity index (χ3n) is 8.06. The van der Waals surface area contributed by atoms with Crippen molar-refractivity contribution in [1.29, 1.82) is 0 Å². The highest BCUT2D eigenvalue weighted by atomic mass is 16.6. The molecule has 0 amide bonds. The third-order valence-corrected chi connectivity index (χ3v) is 8.06. The molecule has 0 aromatic carbocycles. The van der Waals surface area contributed by atoms with Crippen molar-refractivity contribution < 1.29 is 30.0 Å². The number of aliphatic hydroxyl groups is 4. The Morgan fingerprint density at radius 3 is 2.29 bits per heavy atom. The van der Waals surface area contributed by atoms with Gasteiger partial charge in [-0.05, 0) is 67.1 Å². The Morgan fingerprint density at radius 2 is 1.63 bits per heavy atom. The molecule has 0 spiro atoms. The van der Waals surface area contributed by atoms with Gasteiger partial charge in [-0.15, -0.1) is 0 Å². The van der Waals surface area contributed by atoms with Crippen molar-refractivity contribution in [3.8, 4) is 0 Å². The van der Waals surface area contributed by atoms with Gasteiger partial charge >= 0.3 is 5.97 Å². The van der Waals surface area contributed by atoms with Gasteiger partial charge in [-0.3, -0.25) is 0 Å². The van der Waals surface area contributed by atoms with Crippen LogP contribution >= 0.6 is 0 Å². The van der Waals surface area contributed by atoms with E-state index in [1.807, 2.05) is 19.1 Å². The van der Waals surface area contributed by atoms with Crippen molar-refractivity contribution in [2.75, 3.05) is 0 Å². The molecule has 0 bridgehead atoms. The molecule has 0 unspecified atom stereocenters. The summed E-state index contributed by atoms with van der Waals surface area (Å²) in [5, 5.41) is 41.8. The number of cyclic esters (lactones) is 1. The van der Waals surface area contributed by atoms with Gasteiger partial charge in [0.1, 0.15) is 6.10 Å². The lowest BCUT2D eigenvalue weighted by molar-refractivity contribution is -0.187. The van der Waals surface area contributed by atoms with Crippen LogP contribution in [0.15, 0.2) is 61.3 Å². The molecule has 0 fully saturated rings. The first-order valence-corrected chi connectivity index (χ1v) is 14.1. The zero-order valence-electron chi connectivity index (χ0n) is 24.2. The Kier molecular flexibility index (Phi) is 15.7. The van der Waals surface area contributed by atoms with E-state index in [-0.39, 0.29) is 24.2 Å². The van der Waals surface area contributed by atoms with E-state index in [0.717, 1.165) is 6.42 Å². The van der Waals surface area contributed by atoms with Crippen LogP contribution < -0.4 is 0 Å². The largest absolute Gasteiger partial charge is 0.430 e. The van der Waals surface area contributed by atoms with E-state index in [9.17, 15) is 25.2 Å². The van der Waals surface area contributed by atoms with Gasteiger partial charge in [-0.2, -0.15) is 0 Å². The zero-order chi connectivity index (χ0) is 28.8. The number of rotatable bonds is 3. The maximum atomic E-state index is 12.1. The summed E-state index contributed by atoms with van der Waals surface area (Å²) in [5.74, 6) is 0.145. The summed E-state index contributed by atoms with van der Waals surface area (Å²) in [6, 6.07) is 0. The SMILES string of the molecule is C=CC=C[C@H](C)[C@@H]1C[C@H](C)C=C[C@H](C)[C@@H](C)[C@@H](O)C[C@@H](O)CC[C@@H](C)[C@H](O)[C@@H](O)OC(=O)C=CC=C[C@H]1C. The van der Waals surface area contributed by atoms with Crippen LogP contribution in [0.3, 0.4) is 0 Å². The lowest BCUT2D eigenvalue weighted by atomic mass is 9.77. The molecular formula is C32H52O6. The van der Waals surface area contributed by atoms with Crippen molar-refractivity contribution >= 4 is 5.97 Å². The van der Waals surface area contributed by atoms with Gasteiger partial charge in [0.15, 0.2) is 0 Å². The third kappa shape index (κ3) is 12.2. The number of hydrogen-bond acceptors (Lipinski definition) is 6. The van der Waals surface area contributed by atoms with Crippen LogP contribution in [0.2, 0.25) is 0 Å². The molecule has 1 rings (SSSR count). The molecular weight excluding hydrogens is 480 g/mol. The quantitative estimate of drug-likeness (QED) is 0.222. The fourth-order valence-electron chi connectivity index (χ4n) is 4.97. The second-order valence-corrected chi connectivity index (χ2v) is 11.4. The number of carbonyl (C=O) groups is 1. The summed E-state index contributed by atoms with van der Waals surface area (Å²) >= 11 is 0. The molecule has 0 radical (unpaired) electrons. The molecule has 0 aromatic rings. The highest BCUT2D eigenvalue weighted by Crippen LogP contribution is 2.31. The molecule has 0 saturated heterocycles. The normalized spacial score (nSPS) is 38.2. The highest BCUT2D eigenvalue weighted by Gasteiger charge is 2.28. The molecule has 216 valence electrons. The fraction of sp³-hybridized carbons (Fsp3) is 0.656. The van der Waals surface area contributed by atoms with Crippen LogP contribution in [0.5, 0.6) is 0 Å². The summed E-state index contributed by atoms with van der Waals surface area (Å²) in [4.78, 5) is 12.1. The number of ether oxygens (including phenoxy) is 1. The fourth-order valence-corrected chi connectivity index (χ4v) is 4.97. The van der Waals surface area contributed by atoms with Gasteiger partial charge in [0.25, 0.3) is 0 Å². The van der Waals surface area contributed by atoms with Gasteiger partial charge in [-0.1, -0.05) is 96.7 Å². The van der Waals surface area contributed by atoms with Crippen LogP contribution in [0.4, 0.5) is 0 Å². The maximum Gasteiger partial charge on any atom is 0.333 e. The van der Waals surface area contributed by atoms with E-state index in [0.29, 0.717) is 30.6 Å². The van der Waals surface area contributed by atoms with E-state index in [1.54, 1.807) is 19.1 Å². The average Bonchev–Trinajstić information content (AvgIpc) is 2.88. The van der Waals surface area contributed by atoms with Crippen LogP contribution in [0.25, 0.3) is 0 Å². The number of hydrogen-bond donors (Lipinski definition) is 4. The average molecular weight is 533 g/mol. The minimum atomic E-state index is -1.67. The van der Waals surface area contributed by atoms with Crippen molar-refractivity contribution in [1.82, 2.24) is 0 Å². The summed E-state index contributed by atoms with van der Waals surface area (Å²) in [6.45, 7) is 16.2. The first kappa shape index (κ1) is 34.0. The predicted molar refractivity (Wildman–Crippen MR) is 154 cm³/mol. The highest BCUT2D eigenvalue weighted by molar-refractivity contribution is 5.82. The first-order chi connectivity index (χ1) is 17.9. The minimum absolute atomic E-state index is 0.0332. The summed E-state index contributed by atoms with van der Waals surface area (Å²) in [6.07, 6.45) is 14.6. The lowest BCUT2D eigenvalue weighted by Crippen LogP contribution is -2.36. The van der Waals surface area contributed by atoms with Gasteiger partial charge in [0, 0.05) is 6.08 Å². The lowest BCUT2D eigenvalue weighted by Gasteiger charge is -2.29. The summed E-state index contributed by atoms with van der Waals surface area (Å²) < 4.78 is 4.98. The predicted octanol–water partition coefficient (Wildman–Crippen LogP) is 5.35. The van der Waals surface area contributed by atoms with E-state index in [1.165, 1.54) is 6.08 Å². The molecule has 0 saturated carbocycles. The van der Waals surface area contributed by atoms with Crippen LogP contribution in [0.1, 0.15) is 67.2 Å². The molecule has 1 aliphatic rings. The summed E-state index contributed by atoms with van der Waals surface area (Å²) in [5.41, 5.74) is 0. The van der Waals surface area contributed by atoms with Gasteiger partial charge < -0.3 is 25.2 Å². The Morgan fingerprint density at radius 1 is 0.947 bits per heavy atom.